The Labute approximate surface area is 94.6 Å². The van der Waals surface area contributed by atoms with Gasteiger partial charge in [-0.2, -0.15) is 0 Å². The van der Waals surface area contributed by atoms with E-state index in [2.05, 4.69) is 16.4 Å². The van der Waals surface area contributed by atoms with Crippen LogP contribution in [0.4, 0.5) is 0 Å². The van der Waals surface area contributed by atoms with Gasteiger partial charge in [0.15, 0.2) is 0 Å². The molecule has 7 nitrogen and oxygen atoms in total. The fraction of sp³-hybridized carbons (Fsp3) is 0.556. The molecule has 0 N–H and O–H groups in total. The number of likely N-dealkylation sites (N-methyl/N-ethyl adjacent to an activating group) is 1. The first kappa shape index (κ1) is 16.7. The molecule has 0 heterocycles. The van der Waals surface area contributed by atoms with Crippen LogP contribution in [0.25, 0.3) is 0 Å². The average molecular weight is 231 g/mol. The van der Waals surface area contributed by atoms with Crippen LogP contribution in [-0.2, 0) is 9.53 Å². The molecule has 0 aliphatic carbocycles. The molecule has 0 saturated carbocycles. The van der Waals surface area contributed by atoms with Gasteiger partial charge in [0, 0.05) is 20.8 Å². The quantitative estimate of drug-likeness (QED) is 0.288. The summed E-state index contributed by atoms with van der Waals surface area (Å²) < 4.78 is 4.54. The van der Waals surface area contributed by atoms with Gasteiger partial charge in [0.1, 0.15) is 13.0 Å². The standard InChI is InChI=1S/C6H9N3O3.C3H8O/c1-7-6(9(11)12)5-8(2)3-4-10;1-3-4-2/h4-5H,1,3H2,2H3;3H2,1-2H3/b6-5+;. The lowest BCUT2D eigenvalue weighted by molar-refractivity contribution is -0.426. The highest BCUT2D eigenvalue weighted by Crippen LogP contribution is 1.97. The van der Waals surface area contributed by atoms with E-state index in [9.17, 15) is 14.9 Å². The van der Waals surface area contributed by atoms with Crippen LogP contribution in [0.1, 0.15) is 6.92 Å². The number of aldehydes is 1. The fourth-order valence-corrected chi connectivity index (χ4v) is 0.513. The van der Waals surface area contributed by atoms with Gasteiger partial charge in [-0.1, -0.05) is 4.99 Å². The number of carbonyl (C=O) groups is 1. The smallest absolute Gasteiger partial charge is 0.378 e. The summed E-state index contributed by atoms with van der Waals surface area (Å²) in [5.41, 5.74) is 0. The lowest BCUT2D eigenvalue weighted by Crippen LogP contribution is -2.15. The first-order chi connectivity index (χ1) is 7.53. The second kappa shape index (κ2) is 11.3. The van der Waals surface area contributed by atoms with Gasteiger partial charge in [-0.15, -0.1) is 0 Å². The summed E-state index contributed by atoms with van der Waals surface area (Å²) in [5.74, 6) is -0.376. The van der Waals surface area contributed by atoms with Gasteiger partial charge < -0.3 is 24.5 Å². The molecule has 0 radical (unpaired) electrons. The van der Waals surface area contributed by atoms with E-state index in [4.69, 9.17) is 0 Å². The second-order valence-corrected chi connectivity index (χ2v) is 2.59. The van der Waals surface area contributed by atoms with E-state index in [0.29, 0.717) is 6.29 Å². The lowest BCUT2D eigenvalue weighted by Gasteiger charge is -2.06. The van der Waals surface area contributed by atoms with Gasteiger partial charge in [-0.05, 0) is 11.8 Å². The highest BCUT2D eigenvalue weighted by atomic mass is 16.6. The molecule has 0 rings (SSSR count). The molecule has 0 bridgehead atoms. The van der Waals surface area contributed by atoms with Crippen LogP contribution in [0.2, 0.25) is 0 Å². The maximum atomic E-state index is 10.2. The number of ether oxygens (including phenoxy) is 1. The Kier molecular flexibility index (Phi) is 11.8. The zero-order valence-electron chi connectivity index (χ0n) is 9.75. The van der Waals surface area contributed by atoms with Crippen molar-refractivity contribution >= 4 is 13.0 Å². The first-order valence-corrected chi connectivity index (χ1v) is 4.49. The van der Waals surface area contributed by atoms with Crippen molar-refractivity contribution in [2.75, 3.05) is 27.3 Å². The Balaban J connectivity index is 0. The number of rotatable bonds is 6. The normalized spacial score (nSPS) is 9.81. The molecule has 0 aromatic carbocycles. The van der Waals surface area contributed by atoms with E-state index in [-0.39, 0.29) is 12.4 Å². The zero-order valence-corrected chi connectivity index (χ0v) is 9.75. The van der Waals surface area contributed by atoms with E-state index in [1.165, 1.54) is 11.9 Å². The summed E-state index contributed by atoms with van der Waals surface area (Å²) >= 11 is 0. The monoisotopic (exact) mass is 231 g/mol. The Morgan fingerprint density at radius 1 is 1.69 bits per heavy atom. The van der Waals surface area contributed by atoms with Crippen molar-refractivity contribution in [2.45, 2.75) is 6.92 Å². The molecule has 0 amide bonds. The number of nitro groups is 1. The molecular weight excluding hydrogens is 214 g/mol. The second-order valence-electron chi connectivity index (χ2n) is 2.59. The molecule has 0 aliphatic rings. The minimum atomic E-state index is -0.672. The first-order valence-electron chi connectivity index (χ1n) is 4.49. The molecule has 0 atom stereocenters. The summed E-state index contributed by atoms with van der Waals surface area (Å²) in [6, 6.07) is 0. The summed E-state index contributed by atoms with van der Waals surface area (Å²) in [5, 5.41) is 10.2. The third kappa shape index (κ3) is 10.3. The van der Waals surface area contributed by atoms with Gasteiger partial charge in [-0.3, -0.25) is 0 Å². The average Bonchev–Trinajstić information content (AvgIpc) is 2.26. The zero-order chi connectivity index (χ0) is 13.0. The number of nitrogens with zero attached hydrogens (tertiary/aromatic N) is 3. The maximum absolute atomic E-state index is 10.2. The molecule has 0 spiro atoms. The topological polar surface area (TPSA) is 85.0 Å². The highest BCUT2D eigenvalue weighted by Gasteiger charge is 2.06. The van der Waals surface area contributed by atoms with E-state index >= 15 is 0 Å². The van der Waals surface area contributed by atoms with Crippen molar-refractivity contribution in [3.05, 3.63) is 22.1 Å². The van der Waals surface area contributed by atoms with Gasteiger partial charge >= 0.3 is 5.82 Å². The predicted molar refractivity (Wildman–Crippen MR) is 60.9 cm³/mol. The van der Waals surface area contributed by atoms with Crippen LogP contribution in [0.3, 0.4) is 0 Å². The van der Waals surface area contributed by atoms with Gasteiger partial charge in [0.2, 0.25) is 0 Å². The van der Waals surface area contributed by atoms with Crippen molar-refractivity contribution in [1.29, 1.82) is 0 Å². The van der Waals surface area contributed by atoms with Gasteiger partial charge in [-0.25, -0.2) is 0 Å². The van der Waals surface area contributed by atoms with E-state index in [1.54, 1.807) is 7.11 Å². The maximum Gasteiger partial charge on any atom is 0.378 e. The summed E-state index contributed by atoms with van der Waals surface area (Å²) in [6.07, 6.45) is 1.78. The number of aliphatic imine (C=N–C) groups is 1. The summed E-state index contributed by atoms with van der Waals surface area (Å²) in [6.45, 7) is 5.89. The largest absolute Gasteiger partial charge is 0.385 e. The Bertz CT molecular complexity index is 251. The molecule has 0 saturated heterocycles. The third-order valence-electron chi connectivity index (χ3n) is 1.34. The van der Waals surface area contributed by atoms with Crippen molar-refractivity contribution in [3.63, 3.8) is 0 Å². The van der Waals surface area contributed by atoms with E-state index in [0.717, 1.165) is 12.8 Å². The number of methoxy groups -OCH3 is 1. The molecule has 0 aliphatic heterocycles. The fourth-order valence-electron chi connectivity index (χ4n) is 0.513. The summed E-state index contributed by atoms with van der Waals surface area (Å²) in [4.78, 5) is 24.0. The van der Waals surface area contributed by atoms with Crippen LogP contribution in [0.5, 0.6) is 0 Å². The highest BCUT2D eigenvalue weighted by molar-refractivity contribution is 5.52. The van der Waals surface area contributed by atoms with Crippen LogP contribution in [0.15, 0.2) is 17.0 Å². The molecule has 0 aromatic heterocycles. The van der Waals surface area contributed by atoms with Gasteiger partial charge in [0.05, 0.1) is 12.7 Å². The number of carbonyl (C=O) groups excluding carboxylic acids is 1. The molecule has 92 valence electrons. The molecule has 0 fully saturated rings. The molecular formula is C9H17N3O4. The van der Waals surface area contributed by atoms with Crippen molar-refractivity contribution < 1.29 is 14.5 Å². The molecule has 16 heavy (non-hydrogen) atoms. The number of hydrogen-bond acceptors (Lipinski definition) is 6. The van der Waals surface area contributed by atoms with Crippen molar-refractivity contribution in [1.82, 2.24) is 4.90 Å². The van der Waals surface area contributed by atoms with Gasteiger partial charge in [0.25, 0.3) is 0 Å². The van der Waals surface area contributed by atoms with Crippen LogP contribution < -0.4 is 0 Å². The van der Waals surface area contributed by atoms with Crippen LogP contribution in [0, 0.1) is 10.1 Å². The van der Waals surface area contributed by atoms with E-state index < -0.39 is 4.92 Å². The predicted octanol–water partition coefficient (Wildman–Crippen LogP) is 0.546. The Morgan fingerprint density at radius 3 is 2.44 bits per heavy atom. The minimum Gasteiger partial charge on any atom is -0.385 e. The molecule has 0 unspecified atom stereocenters. The number of hydrogen-bond donors (Lipinski definition) is 0. The van der Waals surface area contributed by atoms with Crippen LogP contribution in [-0.4, -0.2) is 50.1 Å². The van der Waals surface area contributed by atoms with Crippen molar-refractivity contribution in [2.24, 2.45) is 4.99 Å². The Morgan fingerprint density at radius 2 is 2.19 bits per heavy atom. The molecule has 0 aromatic rings. The van der Waals surface area contributed by atoms with Crippen LogP contribution >= 0.6 is 0 Å². The molecule has 7 heteroatoms. The SMILES string of the molecule is C=N/C(=C\N(C)CC=O)[N+](=O)[O-].CCOC. The van der Waals surface area contributed by atoms with E-state index in [1.807, 2.05) is 6.92 Å². The minimum absolute atomic E-state index is 0.0901. The third-order valence-corrected chi connectivity index (χ3v) is 1.34. The van der Waals surface area contributed by atoms with Crippen molar-refractivity contribution in [3.8, 4) is 0 Å². The Hall–Kier alpha value is -1.76. The lowest BCUT2D eigenvalue weighted by atomic mass is 10.6. The summed E-state index contributed by atoms with van der Waals surface area (Å²) in [7, 11) is 3.21.